The number of benzene rings is 2. The lowest BCUT2D eigenvalue weighted by atomic mass is 10.0. The predicted molar refractivity (Wildman–Crippen MR) is 114 cm³/mol. The van der Waals surface area contributed by atoms with E-state index in [1.807, 2.05) is 43.3 Å². The molecule has 1 aliphatic rings. The first kappa shape index (κ1) is 19.8. The third-order valence-electron chi connectivity index (χ3n) is 5.37. The van der Waals surface area contributed by atoms with Crippen LogP contribution in [-0.4, -0.2) is 18.4 Å². The minimum atomic E-state index is -3.67. The van der Waals surface area contributed by atoms with E-state index >= 15 is 0 Å². The molecule has 4 N–H and O–H groups in total. The lowest BCUT2D eigenvalue weighted by Crippen LogP contribution is -2.11. The molecular weight excluding hydrogens is 408 g/mol. The number of hydrogen-bond donors (Lipinski definition) is 2. The quantitative estimate of drug-likeness (QED) is 0.643. The van der Waals surface area contributed by atoms with Gasteiger partial charge in [-0.25, -0.2) is 23.5 Å². The van der Waals surface area contributed by atoms with Crippen molar-refractivity contribution in [2.24, 2.45) is 11.1 Å². The SMILES string of the molecule is Cc1c(Cl)cccc1-c1cc(C[C@@H]2C[C@@H]2c2ccc(S(N)(=O)=O)cc2)nc(N)n1. The first-order valence-electron chi connectivity index (χ1n) is 9.24. The highest BCUT2D eigenvalue weighted by Crippen LogP contribution is 2.49. The Morgan fingerprint density at radius 3 is 2.55 bits per heavy atom. The zero-order chi connectivity index (χ0) is 20.8. The molecule has 1 heterocycles. The number of rotatable bonds is 5. The first-order chi connectivity index (χ1) is 13.7. The maximum atomic E-state index is 11.4. The Balaban J connectivity index is 1.53. The fourth-order valence-electron chi connectivity index (χ4n) is 3.70. The van der Waals surface area contributed by atoms with Crippen molar-refractivity contribution in [2.45, 2.75) is 30.6 Å². The van der Waals surface area contributed by atoms with E-state index in [1.165, 1.54) is 0 Å². The Hall–Kier alpha value is -2.48. The molecule has 29 heavy (non-hydrogen) atoms. The number of hydrogen-bond acceptors (Lipinski definition) is 5. The summed E-state index contributed by atoms with van der Waals surface area (Å²) >= 11 is 6.24. The average molecular weight is 429 g/mol. The van der Waals surface area contributed by atoms with Crippen molar-refractivity contribution in [2.75, 3.05) is 5.73 Å². The maximum Gasteiger partial charge on any atom is 0.238 e. The highest BCUT2D eigenvalue weighted by Gasteiger charge is 2.38. The summed E-state index contributed by atoms with van der Waals surface area (Å²) in [6, 6.07) is 14.5. The first-order valence-corrected chi connectivity index (χ1v) is 11.2. The van der Waals surface area contributed by atoms with E-state index < -0.39 is 10.0 Å². The fourth-order valence-corrected chi connectivity index (χ4v) is 4.39. The number of nitrogen functional groups attached to an aromatic ring is 1. The van der Waals surface area contributed by atoms with E-state index in [4.69, 9.17) is 22.5 Å². The zero-order valence-electron chi connectivity index (χ0n) is 15.8. The number of anilines is 1. The second-order valence-corrected chi connectivity index (χ2v) is 9.40. The number of nitrogens with zero attached hydrogens (tertiary/aromatic N) is 2. The Morgan fingerprint density at radius 2 is 1.86 bits per heavy atom. The highest BCUT2D eigenvalue weighted by molar-refractivity contribution is 7.89. The molecule has 0 bridgehead atoms. The predicted octanol–water partition coefficient (Wildman–Crippen LogP) is 3.68. The molecular formula is C21H21ClN4O2S. The topological polar surface area (TPSA) is 112 Å². The molecule has 0 amide bonds. The molecule has 1 fully saturated rings. The van der Waals surface area contributed by atoms with Crippen molar-refractivity contribution in [1.29, 1.82) is 0 Å². The van der Waals surface area contributed by atoms with Gasteiger partial charge in [0.05, 0.1) is 10.6 Å². The molecule has 2 aromatic carbocycles. The van der Waals surface area contributed by atoms with Crippen molar-refractivity contribution < 1.29 is 8.42 Å². The van der Waals surface area contributed by atoms with Crippen LogP contribution in [0.5, 0.6) is 0 Å². The lowest BCUT2D eigenvalue weighted by Gasteiger charge is -2.09. The highest BCUT2D eigenvalue weighted by atomic mass is 35.5. The number of halogens is 1. The van der Waals surface area contributed by atoms with Gasteiger partial charge in [0.2, 0.25) is 16.0 Å². The molecule has 0 aliphatic heterocycles. The van der Waals surface area contributed by atoms with Crippen LogP contribution >= 0.6 is 11.6 Å². The van der Waals surface area contributed by atoms with Gasteiger partial charge in [0.15, 0.2) is 0 Å². The molecule has 2 atom stereocenters. The van der Waals surface area contributed by atoms with E-state index in [-0.39, 0.29) is 10.8 Å². The van der Waals surface area contributed by atoms with Gasteiger partial charge in [0.25, 0.3) is 0 Å². The van der Waals surface area contributed by atoms with Gasteiger partial charge in [-0.2, -0.15) is 0 Å². The van der Waals surface area contributed by atoms with E-state index in [0.29, 0.717) is 16.9 Å². The van der Waals surface area contributed by atoms with Gasteiger partial charge in [-0.3, -0.25) is 0 Å². The molecule has 1 aromatic heterocycles. The smallest absolute Gasteiger partial charge is 0.238 e. The molecule has 0 radical (unpaired) electrons. The molecule has 1 saturated carbocycles. The Kier molecular flexibility index (Phi) is 5.06. The van der Waals surface area contributed by atoms with Crippen molar-refractivity contribution >= 4 is 27.6 Å². The van der Waals surface area contributed by atoms with Gasteiger partial charge < -0.3 is 5.73 Å². The minimum absolute atomic E-state index is 0.128. The van der Waals surface area contributed by atoms with Gasteiger partial charge >= 0.3 is 0 Å². The third kappa shape index (κ3) is 4.27. The molecule has 4 rings (SSSR count). The van der Waals surface area contributed by atoms with Crippen LogP contribution in [-0.2, 0) is 16.4 Å². The van der Waals surface area contributed by atoms with Crippen LogP contribution in [0.4, 0.5) is 5.95 Å². The summed E-state index contributed by atoms with van der Waals surface area (Å²) in [5.41, 5.74) is 10.6. The van der Waals surface area contributed by atoms with Crippen molar-refractivity contribution in [3.05, 3.63) is 70.4 Å². The van der Waals surface area contributed by atoms with Gasteiger partial charge in [-0.15, -0.1) is 0 Å². The summed E-state index contributed by atoms with van der Waals surface area (Å²) in [4.78, 5) is 8.92. The fraction of sp³-hybridized carbons (Fsp3) is 0.238. The molecule has 3 aromatic rings. The van der Waals surface area contributed by atoms with Crippen molar-refractivity contribution in [3.8, 4) is 11.3 Å². The van der Waals surface area contributed by atoms with Gasteiger partial charge in [-0.1, -0.05) is 35.9 Å². The number of primary sulfonamides is 1. The minimum Gasteiger partial charge on any atom is -0.368 e. The van der Waals surface area contributed by atoms with Crippen molar-refractivity contribution in [1.82, 2.24) is 9.97 Å². The number of sulfonamides is 1. The standard InChI is InChI=1S/C21H21ClN4O2S/c1-12-17(3-2-4-19(12)22)20-11-15(25-21(23)26-20)9-14-10-18(14)13-5-7-16(8-6-13)29(24,27)28/h2-8,11,14,18H,9-10H2,1H3,(H2,23,25,26)(H2,24,27,28)/t14-,18-/m1/s1. The normalized spacial score (nSPS) is 18.6. The summed E-state index contributed by atoms with van der Waals surface area (Å²) in [6.45, 7) is 1.96. The average Bonchev–Trinajstić information content (AvgIpc) is 3.42. The van der Waals surface area contributed by atoms with E-state index in [1.54, 1.807) is 12.1 Å². The van der Waals surface area contributed by atoms with Crippen LogP contribution in [0.3, 0.4) is 0 Å². The largest absolute Gasteiger partial charge is 0.368 e. The Bertz CT molecular complexity index is 1180. The summed E-state index contributed by atoms with van der Waals surface area (Å²) in [5, 5.41) is 5.85. The van der Waals surface area contributed by atoms with Crippen LogP contribution in [0.25, 0.3) is 11.3 Å². The van der Waals surface area contributed by atoms with E-state index in [9.17, 15) is 8.42 Å². The van der Waals surface area contributed by atoms with Crippen LogP contribution in [0.15, 0.2) is 53.4 Å². The zero-order valence-corrected chi connectivity index (χ0v) is 17.4. The van der Waals surface area contributed by atoms with Gasteiger partial charge in [-0.05, 0) is 67.0 Å². The summed E-state index contributed by atoms with van der Waals surface area (Å²) in [6.07, 6.45) is 1.80. The molecule has 0 spiro atoms. The van der Waals surface area contributed by atoms with Crippen molar-refractivity contribution in [3.63, 3.8) is 0 Å². The number of aromatic nitrogens is 2. The van der Waals surface area contributed by atoms with Crippen LogP contribution in [0.2, 0.25) is 5.02 Å². The van der Waals surface area contributed by atoms with Crippen LogP contribution < -0.4 is 10.9 Å². The molecule has 0 saturated heterocycles. The Labute approximate surface area is 175 Å². The summed E-state index contributed by atoms with van der Waals surface area (Å²) < 4.78 is 22.8. The molecule has 8 heteroatoms. The van der Waals surface area contributed by atoms with Crippen LogP contribution in [0, 0.1) is 12.8 Å². The monoisotopic (exact) mass is 428 g/mol. The summed E-state index contributed by atoms with van der Waals surface area (Å²) in [5.74, 6) is 1.04. The third-order valence-corrected chi connectivity index (χ3v) is 6.71. The lowest BCUT2D eigenvalue weighted by molar-refractivity contribution is 0.597. The van der Waals surface area contributed by atoms with Gasteiger partial charge in [0, 0.05) is 16.3 Å². The molecule has 1 aliphatic carbocycles. The Morgan fingerprint density at radius 1 is 1.14 bits per heavy atom. The molecule has 6 nitrogen and oxygen atoms in total. The van der Waals surface area contributed by atoms with Crippen LogP contribution in [0.1, 0.15) is 29.2 Å². The number of nitrogens with two attached hydrogens (primary N) is 2. The second-order valence-electron chi connectivity index (χ2n) is 7.44. The molecule has 150 valence electrons. The maximum absolute atomic E-state index is 11.4. The summed E-state index contributed by atoms with van der Waals surface area (Å²) in [7, 11) is -3.67. The molecule has 0 unspecified atom stereocenters. The van der Waals surface area contributed by atoms with Gasteiger partial charge in [0.1, 0.15) is 0 Å². The second kappa shape index (κ2) is 7.40. The van der Waals surface area contributed by atoms with E-state index in [2.05, 4.69) is 9.97 Å². The van der Waals surface area contributed by atoms with E-state index in [0.717, 1.165) is 40.9 Å².